The Bertz CT molecular complexity index is 1140. The molecule has 0 aliphatic carbocycles. The second-order valence-corrected chi connectivity index (χ2v) is 9.01. The average Bonchev–Trinajstić information content (AvgIpc) is 3.03. The lowest BCUT2D eigenvalue weighted by Gasteiger charge is -2.11. The number of hydrogen-bond acceptors (Lipinski definition) is 8. The van der Waals surface area contributed by atoms with Crippen LogP contribution in [0.2, 0.25) is 5.02 Å². The number of methoxy groups -OCH3 is 1. The van der Waals surface area contributed by atoms with Crippen molar-refractivity contribution >= 4 is 63.8 Å². The van der Waals surface area contributed by atoms with Crippen molar-refractivity contribution in [3.63, 3.8) is 0 Å². The Morgan fingerprint density at radius 3 is 2.52 bits per heavy atom. The van der Waals surface area contributed by atoms with Crippen molar-refractivity contribution in [2.24, 2.45) is 5.73 Å². The van der Waals surface area contributed by atoms with E-state index in [0.717, 1.165) is 22.2 Å². The van der Waals surface area contributed by atoms with Crippen LogP contribution in [0.4, 0.5) is 0 Å². The first kappa shape index (κ1) is 24.7. The fraction of sp³-hybridized carbons (Fsp3) is 0.182. The molecule has 2 aromatic rings. The summed E-state index contributed by atoms with van der Waals surface area (Å²) in [5.74, 6) is -1.06. The lowest BCUT2D eigenvalue weighted by atomic mass is 10.1. The summed E-state index contributed by atoms with van der Waals surface area (Å²) in [4.78, 5) is 36.1. The minimum atomic E-state index is -1.15. The Balaban J connectivity index is 1.68. The summed E-state index contributed by atoms with van der Waals surface area (Å²) < 4.78 is 10.6. The quantitative estimate of drug-likeness (QED) is 0.315. The molecule has 172 valence electrons. The van der Waals surface area contributed by atoms with Crippen molar-refractivity contribution < 1.29 is 29.0 Å². The fourth-order valence-electron chi connectivity index (χ4n) is 2.92. The minimum Gasteiger partial charge on any atom is -0.480 e. The number of halogens is 1. The van der Waals surface area contributed by atoms with Gasteiger partial charge in [0.15, 0.2) is 0 Å². The Morgan fingerprint density at radius 2 is 1.91 bits per heavy atom. The number of thiocarbonyl (C=S) groups is 1. The van der Waals surface area contributed by atoms with Crippen LogP contribution < -0.4 is 10.5 Å². The number of ether oxygens (including phenoxy) is 2. The van der Waals surface area contributed by atoms with Gasteiger partial charge in [-0.1, -0.05) is 47.7 Å². The largest absolute Gasteiger partial charge is 0.480 e. The van der Waals surface area contributed by atoms with Crippen LogP contribution in [0.5, 0.6) is 11.5 Å². The molecule has 0 aromatic heterocycles. The minimum absolute atomic E-state index is 0.181. The van der Waals surface area contributed by atoms with Crippen molar-refractivity contribution in [3.8, 4) is 11.5 Å². The average molecular weight is 507 g/mol. The summed E-state index contributed by atoms with van der Waals surface area (Å²) in [5.41, 5.74) is 7.19. The van der Waals surface area contributed by atoms with Gasteiger partial charge in [-0.3, -0.25) is 19.3 Å². The normalized spacial score (nSPS) is 15.6. The number of carboxylic acids is 1. The van der Waals surface area contributed by atoms with Gasteiger partial charge in [0.25, 0.3) is 5.91 Å². The van der Waals surface area contributed by atoms with Gasteiger partial charge < -0.3 is 20.3 Å². The summed E-state index contributed by atoms with van der Waals surface area (Å²) in [6.07, 6.45) is 1.90. The monoisotopic (exact) mass is 506 g/mol. The number of carbonyl (C=O) groups is 3. The molecule has 8 nitrogen and oxygen atoms in total. The number of benzene rings is 2. The Morgan fingerprint density at radius 1 is 1.24 bits per heavy atom. The van der Waals surface area contributed by atoms with Gasteiger partial charge in [-0.2, -0.15) is 0 Å². The summed E-state index contributed by atoms with van der Waals surface area (Å²) in [6, 6.07) is 11.3. The standard InChI is InChI=1S/C22H19ClN2O6S2/c1-30-21(29)17(24)8-12-2-5-14(6-3-12)31-15-7-4-13(16(23)10-15)9-18-20(28)25(11-19(26)27)22(32)33-18/h2-7,9-10,17H,8,11,24H2,1H3,(H,26,27)/b18-9-/t17-/m0/s1. The van der Waals surface area contributed by atoms with Crippen LogP contribution in [-0.2, 0) is 25.5 Å². The highest BCUT2D eigenvalue weighted by Crippen LogP contribution is 2.35. The van der Waals surface area contributed by atoms with E-state index in [1.54, 1.807) is 48.5 Å². The number of amides is 1. The van der Waals surface area contributed by atoms with Crippen LogP contribution in [-0.4, -0.2) is 51.9 Å². The van der Waals surface area contributed by atoms with Crippen LogP contribution in [0.3, 0.4) is 0 Å². The molecule has 1 fully saturated rings. The second-order valence-electron chi connectivity index (χ2n) is 6.92. The molecular formula is C22H19ClN2O6S2. The van der Waals surface area contributed by atoms with Gasteiger partial charge in [0.2, 0.25) is 0 Å². The number of carbonyl (C=O) groups excluding carboxylic acids is 2. The first-order chi connectivity index (χ1) is 15.7. The van der Waals surface area contributed by atoms with E-state index in [4.69, 9.17) is 39.4 Å². The van der Waals surface area contributed by atoms with Gasteiger partial charge >= 0.3 is 11.9 Å². The molecular weight excluding hydrogens is 488 g/mol. The molecule has 11 heteroatoms. The van der Waals surface area contributed by atoms with Crippen LogP contribution in [0.25, 0.3) is 6.08 Å². The maximum atomic E-state index is 12.4. The second kappa shape index (κ2) is 10.8. The van der Waals surface area contributed by atoms with Gasteiger partial charge in [-0.05, 0) is 54.0 Å². The van der Waals surface area contributed by atoms with Gasteiger partial charge in [0.1, 0.15) is 28.4 Å². The van der Waals surface area contributed by atoms with Crippen molar-refractivity contribution in [2.75, 3.05) is 13.7 Å². The van der Waals surface area contributed by atoms with Crippen molar-refractivity contribution in [1.82, 2.24) is 4.90 Å². The van der Waals surface area contributed by atoms with E-state index in [0.29, 0.717) is 28.5 Å². The molecule has 3 N–H and O–H groups in total. The molecule has 1 heterocycles. The maximum absolute atomic E-state index is 12.4. The summed E-state index contributed by atoms with van der Waals surface area (Å²) >= 11 is 12.5. The van der Waals surface area contributed by atoms with Crippen molar-refractivity contribution in [2.45, 2.75) is 12.5 Å². The van der Waals surface area contributed by atoms with E-state index in [1.807, 2.05) is 0 Å². The number of aliphatic carboxylic acids is 1. The van der Waals surface area contributed by atoms with Crippen molar-refractivity contribution in [1.29, 1.82) is 0 Å². The third-order valence-electron chi connectivity index (χ3n) is 4.54. The Hall–Kier alpha value is -2.92. The third kappa shape index (κ3) is 6.32. The number of esters is 1. The molecule has 1 aliphatic rings. The molecule has 1 saturated heterocycles. The lowest BCUT2D eigenvalue weighted by molar-refractivity contribution is -0.142. The zero-order chi connectivity index (χ0) is 24.1. The van der Waals surface area contributed by atoms with Crippen LogP contribution >= 0.6 is 35.6 Å². The van der Waals surface area contributed by atoms with Gasteiger partial charge in [-0.25, -0.2) is 0 Å². The smallest absolute Gasteiger partial charge is 0.323 e. The zero-order valence-electron chi connectivity index (χ0n) is 17.3. The molecule has 0 bridgehead atoms. The summed E-state index contributed by atoms with van der Waals surface area (Å²) in [7, 11) is 1.29. The molecule has 1 amide bonds. The zero-order valence-corrected chi connectivity index (χ0v) is 19.7. The number of nitrogens with zero attached hydrogens (tertiary/aromatic N) is 1. The number of nitrogens with two attached hydrogens (primary N) is 1. The van der Waals surface area contributed by atoms with Crippen molar-refractivity contribution in [3.05, 3.63) is 63.5 Å². The van der Waals surface area contributed by atoms with E-state index in [2.05, 4.69) is 4.74 Å². The highest BCUT2D eigenvalue weighted by Gasteiger charge is 2.33. The first-order valence-corrected chi connectivity index (χ1v) is 11.1. The lowest BCUT2D eigenvalue weighted by Crippen LogP contribution is -2.33. The SMILES string of the molecule is COC(=O)[C@@H](N)Cc1ccc(Oc2ccc(/C=C3\SC(=S)N(CC(=O)O)C3=O)c(Cl)c2)cc1. The topological polar surface area (TPSA) is 119 Å². The molecule has 1 atom stereocenters. The molecule has 0 unspecified atom stereocenters. The molecule has 0 spiro atoms. The van der Waals surface area contributed by atoms with E-state index >= 15 is 0 Å². The molecule has 1 aliphatic heterocycles. The third-order valence-corrected chi connectivity index (χ3v) is 6.25. The molecule has 0 radical (unpaired) electrons. The van der Waals surface area contributed by atoms with Crippen LogP contribution in [0.1, 0.15) is 11.1 Å². The summed E-state index contributed by atoms with van der Waals surface area (Å²) in [6.45, 7) is -0.490. The Labute approximate surface area is 204 Å². The molecule has 3 rings (SSSR count). The molecule has 33 heavy (non-hydrogen) atoms. The van der Waals surface area contributed by atoms with E-state index < -0.39 is 30.4 Å². The van der Waals surface area contributed by atoms with Crippen LogP contribution in [0.15, 0.2) is 47.4 Å². The predicted octanol–water partition coefficient (Wildman–Crippen LogP) is 3.46. The Kier molecular flexibility index (Phi) is 8.09. The van der Waals surface area contributed by atoms with E-state index in [9.17, 15) is 14.4 Å². The van der Waals surface area contributed by atoms with Gasteiger partial charge in [0.05, 0.1) is 17.0 Å². The number of carboxylic acid groups (broad SMARTS) is 1. The first-order valence-electron chi connectivity index (χ1n) is 9.55. The van der Waals surface area contributed by atoms with E-state index in [1.165, 1.54) is 7.11 Å². The number of rotatable bonds is 8. The number of thioether (sulfide) groups is 1. The predicted molar refractivity (Wildman–Crippen MR) is 129 cm³/mol. The van der Waals surface area contributed by atoms with Gasteiger partial charge in [0, 0.05) is 0 Å². The molecule has 2 aromatic carbocycles. The molecule has 0 saturated carbocycles. The maximum Gasteiger partial charge on any atom is 0.323 e. The van der Waals surface area contributed by atoms with E-state index in [-0.39, 0.29) is 9.23 Å². The fourth-order valence-corrected chi connectivity index (χ4v) is 4.39. The number of hydrogen-bond donors (Lipinski definition) is 2. The summed E-state index contributed by atoms with van der Waals surface area (Å²) in [5, 5.41) is 9.27. The van der Waals surface area contributed by atoms with Crippen LogP contribution in [0, 0.1) is 0 Å². The highest BCUT2D eigenvalue weighted by molar-refractivity contribution is 8.26. The van der Waals surface area contributed by atoms with Gasteiger partial charge in [-0.15, -0.1) is 0 Å². The highest BCUT2D eigenvalue weighted by atomic mass is 35.5.